The number of methoxy groups -OCH3 is 1. The topological polar surface area (TPSA) is 72.3 Å². The zero-order chi connectivity index (χ0) is 16.7. The van der Waals surface area contributed by atoms with Gasteiger partial charge in [-0.2, -0.15) is 0 Å². The summed E-state index contributed by atoms with van der Waals surface area (Å²) >= 11 is 0. The van der Waals surface area contributed by atoms with Crippen LogP contribution in [0.3, 0.4) is 0 Å². The molecule has 128 valence electrons. The molecule has 23 heavy (non-hydrogen) atoms. The number of piperidine rings is 1. The molecule has 0 aromatic carbocycles. The van der Waals surface area contributed by atoms with Crippen molar-refractivity contribution in [2.75, 3.05) is 39.9 Å². The van der Waals surface area contributed by atoms with Gasteiger partial charge in [-0.05, 0) is 26.7 Å². The second kappa shape index (κ2) is 8.79. The molecule has 0 radical (unpaired) electrons. The van der Waals surface area contributed by atoms with Gasteiger partial charge in [-0.25, -0.2) is 4.68 Å². The molecule has 2 rings (SSSR count). The molecule has 0 saturated carbocycles. The van der Waals surface area contributed by atoms with Crippen LogP contribution in [0, 0.1) is 0 Å². The third-order valence-corrected chi connectivity index (χ3v) is 4.23. The van der Waals surface area contributed by atoms with Gasteiger partial charge in [0.25, 0.3) is 5.91 Å². The standard InChI is InChI=1S/C16H27N5O2/c1-4-13(2)11-20-8-5-14(6-9-20)21-12-15(18-19-21)16(22)17-7-10-23-3/h4,12,14H,5-11H2,1-3H3,(H,17,22)/b13-4+. The summed E-state index contributed by atoms with van der Waals surface area (Å²) in [5.41, 5.74) is 1.77. The quantitative estimate of drug-likeness (QED) is 0.604. The Balaban J connectivity index is 1.83. The summed E-state index contributed by atoms with van der Waals surface area (Å²) in [4.78, 5) is 14.4. The van der Waals surface area contributed by atoms with Crippen LogP contribution in [0.4, 0.5) is 0 Å². The summed E-state index contributed by atoms with van der Waals surface area (Å²) in [7, 11) is 1.60. The van der Waals surface area contributed by atoms with E-state index in [4.69, 9.17) is 4.74 Å². The smallest absolute Gasteiger partial charge is 0.273 e. The second-order valence-electron chi connectivity index (χ2n) is 5.97. The first-order valence-corrected chi connectivity index (χ1v) is 8.17. The monoisotopic (exact) mass is 321 g/mol. The number of nitrogens with zero attached hydrogens (tertiary/aromatic N) is 4. The number of amides is 1. The summed E-state index contributed by atoms with van der Waals surface area (Å²) in [5, 5.41) is 10.9. The number of ether oxygens (including phenoxy) is 1. The van der Waals surface area contributed by atoms with Crippen molar-refractivity contribution in [3.05, 3.63) is 23.5 Å². The van der Waals surface area contributed by atoms with Gasteiger partial charge >= 0.3 is 0 Å². The molecule has 0 spiro atoms. The molecule has 1 N–H and O–H groups in total. The number of nitrogens with one attached hydrogen (secondary N) is 1. The molecule has 1 amide bonds. The van der Waals surface area contributed by atoms with E-state index < -0.39 is 0 Å². The molecule has 0 aliphatic carbocycles. The van der Waals surface area contributed by atoms with Crippen molar-refractivity contribution < 1.29 is 9.53 Å². The maximum atomic E-state index is 11.9. The summed E-state index contributed by atoms with van der Waals surface area (Å²) in [6, 6.07) is 0.324. The third-order valence-electron chi connectivity index (χ3n) is 4.23. The lowest BCUT2D eigenvalue weighted by atomic mass is 10.0. The van der Waals surface area contributed by atoms with E-state index in [1.54, 1.807) is 13.3 Å². The van der Waals surface area contributed by atoms with E-state index in [0.717, 1.165) is 32.5 Å². The highest BCUT2D eigenvalue weighted by molar-refractivity contribution is 5.91. The summed E-state index contributed by atoms with van der Waals surface area (Å²) in [5.74, 6) is -0.200. The number of carbonyl (C=O) groups is 1. The van der Waals surface area contributed by atoms with Crippen LogP contribution in [0.5, 0.6) is 0 Å². The lowest BCUT2D eigenvalue weighted by molar-refractivity contribution is 0.0932. The van der Waals surface area contributed by atoms with Gasteiger partial charge in [0.15, 0.2) is 5.69 Å². The molecule has 0 atom stereocenters. The lowest BCUT2D eigenvalue weighted by Crippen LogP contribution is -2.35. The highest BCUT2D eigenvalue weighted by Crippen LogP contribution is 2.22. The lowest BCUT2D eigenvalue weighted by Gasteiger charge is -2.31. The van der Waals surface area contributed by atoms with E-state index in [9.17, 15) is 4.79 Å². The van der Waals surface area contributed by atoms with E-state index in [-0.39, 0.29) is 5.91 Å². The highest BCUT2D eigenvalue weighted by atomic mass is 16.5. The number of carbonyl (C=O) groups excluding carboxylic acids is 1. The Kier molecular flexibility index (Phi) is 6.73. The first-order valence-electron chi connectivity index (χ1n) is 8.17. The molecule has 0 bridgehead atoms. The van der Waals surface area contributed by atoms with Gasteiger partial charge in [0, 0.05) is 33.3 Å². The van der Waals surface area contributed by atoms with Crippen molar-refractivity contribution in [3.63, 3.8) is 0 Å². The Morgan fingerprint density at radius 1 is 1.48 bits per heavy atom. The van der Waals surface area contributed by atoms with Gasteiger partial charge in [0.2, 0.25) is 0 Å². The van der Waals surface area contributed by atoms with Gasteiger partial charge in [0.1, 0.15) is 0 Å². The number of allylic oxidation sites excluding steroid dienone is 1. The molecule has 1 fully saturated rings. The number of likely N-dealkylation sites (tertiary alicyclic amines) is 1. The minimum Gasteiger partial charge on any atom is -0.383 e. The minimum absolute atomic E-state index is 0.200. The van der Waals surface area contributed by atoms with Crippen molar-refractivity contribution in [1.29, 1.82) is 0 Å². The Morgan fingerprint density at radius 2 is 2.22 bits per heavy atom. The van der Waals surface area contributed by atoms with Crippen LogP contribution in [0.25, 0.3) is 0 Å². The Labute approximate surface area is 137 Å². The first-order chi connectivity index (χ1) is 11.1. The summed E-state index contributed by atoms with van der Waals surface area (Å²) in [6.07, 6.45) is 5.98. The summed E-state index contributed by atoms with van der Waals surface area (Å²) < 4.78 is 6.75. The van der Waals surface area contributed by atoms with Crippen LogP contribution in [-0.2, 0) is 4.74 Å². The molecular formula is C16H27N5O2. The van der Waals surface area contributed by atoms with E-state index in [0.29, 0.717) is 24.9 Å². The van der Waals surface area contributed by atoms with Gasteiger partial charge in [-0.3, -0.25) is 9.69 Å². The maximum Gasteiger partial charge on any atom is 0.273 e. The number of aromatic nitrogens is 3. The first kappa shape index (κ1) is 17.6. The van der Waals surface area contributed by atoms with Gasteiger partial charge in [0.05, 0.1) is 18.8 Å². The van der Waals surface area contributed by atoms with Crippen molar-refractivity contribution in [2.45, 2.75) is 32.7 Å². The molecule has 0 unspecified atom stereocenters. The minimum atomic E-state index is -0.200. The molecule has 7 nitrogen and oxygen atoms in total. The van der Waals surface area contributed by atoms with E-state index in [2.05, 4.69) is 40.5 Å². The van der Waals surface area contributed by atoms with Crippen molar-refractivity contribution in [1.82, 2.24) is 25.2 Å². The van der Waals surface area contributed by atoms with Gasteiger partial charge in [-0.1, -0.05) is 16.9 Å². The fraction of sp³-hybridized carbons (Fsp3) is 0.688. The molecule has 1 aromatic rings. The average molecular weight is 321 g/mol. The average Bonchev–Trinajstić information content (AvgIpc) is 3.05. The molecule has 1 saturated heterocycles. The predicted molar refractivity (Wildman–Crippen MR) is 88.4 cm³/mol. The summed E-state index contributed by atoms with van der Waals surface area (Å²) in [6.45, 7) is 8.34. The van der Waals surface area contributed by atoms with Crippen LogP contribution in [0.2, 0.25) is 0 Å². The van der Waals surface area contributed by atoms with E-state index >= 15 is 0 Å². The molecule has 1 aromatic heterocycles. The van der Waals surface area contributed by atoms with Crippen molar-refractivity contribution in [2.24, 2.45) is 0 Å². The largest absolute Gasteiger partial charge is 0.383 e. The fourth-order valence-corrected chi connectivity index (χ4v) is 2.70. The Morgan fingerprint density at radius 3 is 2.87 bits per heavy atom. The normalized spacial score (nSPS) is 17.4. The number of hydrogen-bond acceptors (Lipinski definition) is 5. The molecule has 7 heteroatoms. The van der Waals surface area contributed by atoms with E-state index in [1.807, 2.05) is 4.68 Å². The molecule has 1 aliphatic heterocycles. The Hall–Kier alpha value is -1.73. The predicted octanol–water partition coefficient (Wildman–Crippen LogP) is 1.26. The van der Waals surface area contributed by atoms with Crippen molar-refractivity contribution in [3.8, 4) is 0 Å². The highest BCUT2D eigenvalue weighted by Gasteiger charge is 2.22. The number of rotatable bonds is 7. The van der Waals surface area contributed by atoms with Crippen LogP contribution >= 0.6 is 0 Å². The third kappa shape index (κ3) is 5.14. The van der Waals surface area contributed by atoms with Crippen LogP contribution < -0.4 is 5.32 Å². The second-order valence-corrected chi connectivity index (χ2v) is 5.97. The van der Waals surface area contributed by atoms with E-state index in [1.165, 1.54) is 5.57 Å². The van der Waals surface area contributed by atoms with Crippen LogP contribution in [-0.4, -0.2) is 65.7 Å². The van der Waals surface area contributed by atoms with Gasteiger partial charge < -0.3 is 10.1 Å². The zero-order valence-corrected chi connectivity index (χ0v) is 14.3. The van der Waals surface area contributed by atoms with Crippen LogP contribution in [0.1, 0.15) is 43.2 Å². The molecule has 1 aliphatic rings. The van der Waals surface area contributed by atoms with Crippen molar-refractivity contribution >= 4 is 5.91 Å². The number of hydrogen-bond donors (Lipinski definition) is 1. The zero-order valence-electron chi connectivity index (χ0n) is 14.3. The molecule has 2 heterocycles. The molecular weight excluding hydrogens is 294 g/mol. The van der Waals surface area contributed by atoms with Crippen LogP contribution in [0.15, 0.2) is 17.8 Å². The van der Waals surface area contributed by atoms with Gasteiger partial charge in [-0.15, -0.1) is 5.10 Å². The fourth-order valence-electron chi connectivity index (χ4n) is 2.70. The Bertz CT molecular complexity index is 532. The maximum absolute atomic E-state index is 11.9. The SMILES string of the molecule is C/C=C(\C)CN1CCC(n2cc(C(=O)NCCOC)nn2)CC1.